The smallest absolute Gasteiger partial charge is 0.337 e. The number of ether oxygens (including phenoxy) is 1. The fourth-order valence-electron chi connectivity index (χ4n) is 3.20. The molecule has 28 heavy (non-hydrogen) atoms. The van der Waals surface area contributed by atoms with Crippen LogP contribution in [0.25, 0.3) is 0 Å². The summed E-state index contributed by atoms with van der Waals surface area (Å²) in [6, 6.07) is 10.7. The van der Waals surface area contributed by atoms with Gasteiger partial charge in [0.05, 0.1) is 30.5 Å². The summed E-state index contributed by atoms with van der Waals surface area (Å²) in [5.74, 6) is -1.26. The molecular weight excluding hydrogens is 428 g/mol. The van der Waals surface area contributed by atoms with E-state index < -0.39 is 24.5 Å². The van der Waals surface area contributed by atoms with Crippen LogP contribution < -0.4 is 4.90 Å². The third-order valence-electron chi connectivity index (χ3n) is 4.68. The van der Waals surface area contributed by atoms with Crippen molar-refractivity contribution < 1.29 is 24.2 Å². The number of methoxy groups -OCH3 is 1. The Labute approximate surface area is 170 Å². The lowest BCUT2D eigenvalue weighted by molar-refractivity contribution is -0.124. The largest absolute Gasteiger partial charge is 0.465 e. The Morgan fingerprint density at radius 3 is 2.64 bits per heavy atom. The van der Waals surface area contributed by atoms with Gasteiger partial charge in [0.2, 0.25) is 0 Å². The number of aliphatic hydroxyl groups excluding tert-OH is 1. The number of benzene rings is 2. The van der Waals surface area contributed by atoms with Gasteiger partial charge in [0.15, 0.2) is 0 Å². The molecule has 0 aliphatic carbocycles. The van der Waals surface area contributed by atoms with Gasteiger partial charge in [-0.1, -0.05) is 28.1 Å². The SMILES string of the molecule is COC(=O)c1cccc(CN2C(=O)c3ccc(Br)cc3N(C)C(=O)[C@H]2CO)c1. The van der Waals surface area contributed by atoms with Crippen LogP contribution in [0.4, 0.5) is 5.69 Å². The molecule has 0 saturated heterocycles. The van der Waals surface area contributed by atoms with Gasteiger partial charge in [0.1, 0.15) is 6.04 Å². The Morgan fingerprint density at radius 1 is 1.21 bits per heavy atom. The molecule has 1 N–H and O–H groups in total. The van der Waals surface area contributed by atoms with Gasteiger partial charge in [0.25, 0.3) is 11.8 Å². The molecule has 0 spiro atoms. The molecule has 1 atom stereocenters. The number of halogens is 1. The second kappa shape index (κ2) is 8.12. The van der Waals surface area contributed by atoms with Crippen LogP contribution in [0.3, 0.4) is 0 Å². The fraction of sp³-hybridized carbons (Fsp3) is 0.250. The molecule has 2 aromatic rings. The number of carbonyl (C=O) groups excluding carboxylic acids is 3. The summed E-state index contributed by atoms with van der Waals surface area (Å²) in [5, 5.41) is 9.86. The van der Waals surface area contributed by atoms with Crippen LogP contribution in [0, 0.1) is 0 Å². The van der Waals surface area contributed by atoms with E-state index in [2.05, 4.69) is 15.9 Å². The number of hydrogen-bond donors (Lipinski definition) is 1. The molecule has 1 aliphatic rings. The van der Waals surface area contributed by atoms with Crippen molar-refractivity contribution in [3.8, 4) is 0 Å². The highest BCUT2D eigenvalue weighted by molar-refractivity contribution is 9.10. The van der Waals surface area contributed by atoms with Crippen LogP contribution in [-0.4, -0.2) is 54.6 Å². The van der Waals surface area contributed by atoms with Crippen molar-refractivity contribution in [2.24, 2.45) is 0 Å². The monoisotopic (exact) mass is 446 g/mol. The number of nitrogens with zero attached hydrogens (tertiary/aromatic N) is 2. The maximum atomic E-state index is 13.2. The molecule has 0 bridgehead atoms. The minimum atomic E-state index is -1.04. The maximum Gasteiger partial charge on any atom is 0.337 e. The summed E-state index contributed by atoms with van der Waals surface area (Å²) in [6.07, 6.45) is 0. The summed E-state index contributed by atoms with van der Waals surface area (Å²) in [4.78, 5) is 40.6. The van der Waals surface area contributed by atoms with Gasteiger partial charge in [-0.05, 0) is 35.9 Å². The minimum absolute atomic E-state index is 0.0595. The predicted molar refractivity (Wildman–Crippen MR) is 106 cm³/mol. The summed E-state index contributed by atoms with van der Waals surface area (Å²) in [7, 11) is 2.86. The average molecular weight is 447 g/mol. The van der Waals surface area contributed by atoms with Crippen LogP contribution in [-0.2, 0) is 16.1 Å². The molecular formula is C20H19BrN2O5. The van der Waals surface area contributed by atoms with Crippen molar-refractivity contribution in [2.75, 3.05) is 25.7 Å². The second-order valence-electron chi connectivity index (χ2n) is 6.38. The van der Waals surface area contributed by atoms with Gasteiger partial charge in [-0.3, -0.25) is 9.59 Å². The van der Waals surface area contributed by atoms with Crippen molar-refractivity contribution in [2.45, 2.75) is 12.6 Å². The number of aliphatic hydroxyl groups is 1. The lowest BCUT2D eigenvalue weighted by Gasteiger charge is -2.28. The van der Waals surface area contributed by atoms with Gasteiger partial charge in [-0.2, -0.15) is 0 Å². The highest BCUT2D eigenvalue weighted by Crippen LogP contribution is 2.30. The Kier molecular flexibility index (Phi) is 5.81. The van der Waals surface area contributed by atoms with Crippen LogP contribution in [0.2, 0.25) is 0 Å². The first-order chi connectivity index (χ1) is 13.4. The van der Waals surface area contributed by atoms with Crippen molar-refractivity contribution in [1.82, 2.24) is 4.90 Å². The Bertz CT molecular complexity index is 946. The number of hydrogen-bond acceptors (Lipinski definition) is 5. The summed E-state index contributed by atoms with van der Waals surface area (Å²) >= 11 is 3.36. The normalized spacial score (nSPS) is 16.6. The summed E-state index contributed by atoms with van der Waals surface area (Å²) in [6.45, 7) is -0.454. The van der Waals surface area contributed by atoms with E-state index in [4.69, 9.17) is 4.74 Å². The zero-order chi connectivity index (χ0) is 20.4. The van der Waals surface area contributed by atoms with Gasteiger partial charge in [-0.25, -0.2) is 4.79 Å². The van der Waals surface area contributed by atoms with E-state index in [9.17, 15) is 19.5 Å². The zero-order valence-corrected chi connectivity index (χ0v) is 17.0. The summed E-state index contributed by atoms with van der Waals surface area (Å²) in [5.41, 5.74) is 1.81. The predicted octanol–water partition coefficient (Wildman–Crippen LogP) is 2.22. The maximum absolute atomic E-state index is 13.2. The quantitative estimate of drug-likeness (QED) is 0.727. The first kappa shape index (κ1) is 20.0. The lowest BCUT2D eigenvalue weighted by atomic mass is 10.1. The lowest BCUT2D eigenvalue weighted by Crippen LogP contribution is -2.49. The number of amides is 2. The van der Waals surface area contributed by atoms with Crippen LogP contribution in [0.1, 0.15) is 26.3 Å². The van der Waals surface area contributed by atoms with Crippen molar-refractivity contribution in [3.63, 3.8) is 0 Å². The molecule has 0 fully saturated rings. The topological polar surface area (TPSA) is 87.2 Å². The molecule has 8 heteroatoms. The first-order valence-electron chi connectivity index (χ1n) is 8.53. The molecule has 1 heterocycles. The first-order valence-corrected chi connectivity index (χ1v) is 9.33. The summed E-state index contributed by atoms with van der Waals surface area (Å²) < 4.78 is 5.46. The third-order valence-corrected chi connectivity index (χ3v) is 5.17. The van der Waals surface area contributed by atoms with Crippen molar-refractivity contribution >= 4 is 39.4 Å². The van der Waals surface area contributed by atoms with Gasteiger partial charge in [0, 0.05) is 18.1 Å². The van der Waals surface area contributed by atoms with E-state index in [1.165, 1.54) is 16.9 Å². The second-order valence-corrected chi connectivity index (χ2v) is 7.30. The van der Waals surface area contributed by atoms with Crippen LogP contribution >= 0.6 is 15.9 Å². The Morgan fingerprint density at radius 2 is 1.96 bits per heavy atom. The zero-order valence-electron chi connectivity index (χ0n) is 15.4. The minimum Gasteiger partial charge on any atom is -0.465 e. The molecule has 2 aromatic carbocycles. The van der Waals surface area contributed by atoms with Crippen molar-refractivity contribution in [3.05, 3.63) is 63.6 Å². The number of rotatable bonds is 4. The Hall–Kier alpha value is -2.71. The van der Waals surface area contributed by atoms with E-state index in [-0.39, 0.29) is 12.5 Å². The molecule has 146 valence electrons. The standard InChI is InChI=1S/C20H19BrN2O5/c1-22-16-9-14(21)6-7-15(16)18(25)23(17(11-24)19(22)26)10-12-4-3-5-13(8-12)20(27)28-2/h3-9,17,24H,10-11H2,1-2H3/t17-/m1/s1. The molecule has 0 radical (unpaired) electrons. The highest BCUT2D eigenvalue weighted by atomic mass is 79.9. The molecule has 0 unspecified atom stereocenters. The van der Waals surface area contributed by atoms with Gasteiger partial charge >= 0.3 is 5.97 Å². The van der Waals surface area contributed by atoms with Crippen LogP contribution in [0.15, 0.2) is 46.9 Å². The van der Waals surface area contributed by atoms with E-state index in [1.54, 1.807) is 49.5 Å². The number of likely N-dealkylation sites (N-methyl/N-ethyl adjacent to an activating group) is 1. The van der Waals surface area contributed by atoms with E-state index >= 15 is 0 Å². The third kappa shape index (κ3) is 3.65. The van der Waals surface area contributed by atoms with Crippen molar-refractivity contribution in [1.29, 1.82) is 0 Å². The average Bonchev–Trinajstić information content (AvgIpc) is 2.77. The fourth-order valence-corrected chi connectivity index (χ4v) is 3.55. The molecule has 0 aromatic heterocycles. The van der Waals surface area contributed by atoms with Crippen LogP contribution in [0.5, 0.6) is 0 Å². The van der Waals surface area contributed by atoms with E-state index in [0.717, 1.165) is 4.47 Å². The number of anilines is 1. The molecule has 3 rings (SSSR count). The van der Waals surface area contributed by atoms with E-state index in [0.29, 0.717) is 22.4 Å². The Balaban J connectivity index is 2.03. The number of esters is 1. The molecule has 0 saturated carbocycles. The van der Waals surface area contributed by atoms with Gasteiger partial charge < -0.3 is 19.6 Å². The number of fused-ring (bicyclic) bond motifs is 1. The molecule has 1 aliphatic heterocycles. The molecule has 7 nitrogen and oxygen atoms in total. The molecule has 2 amide bonds. The number of carbonyl (C=O) groups is 3. The highest BCUT2D eigenvalue weighted by Gasteiger charge is 2.38. The van der Waals surface area contributed by atoms with Gasteiger partial charge in [-0.15, -0.1) is 0 Å². The van der Waals surface area contributed by atoms with E-state index in [1.807, 2.05) is 0 Å².